The second kappa shape index (κ2) is 8.04. The lowest BCUT2D eigenvalue weighted by atomic mass is 9.97. The van der Waals surface area contributed by atoms with Crippen molar-refractivity contribution in [2.24, 2.45) is 0 Å². The summed E-state index contributed by atoms with van der Waals surface area (Å²) in [5.41, 5.74) is 1.20. The van der Waals surface area contributed by atoms with Gasteiger partial charge >= 0.3 is 0 Å². The molecule has 0 bridgehead atoms. The molecule has 1 unspecified atom stereocenters. The van der Waals surface area contributed by atoms with Gasteiger partial charge in [-0.1, -0.05) is 0 Å². The highest BCUT2D eigenvalue weighted by Gasteiger charge is 2.29. The largest absolute Gasteiger partial charge is 0.337 e. The summed E-state index contributed by atoms with van der Waals surface area (Å²) in [6, 6.07) is 0.228. The normalized spacial score (nSPS) is 16.9. The van der Waals surface area contributed by atoms with E-state index >= 15 is 0 Å². The molecule has 19 heavy (non-hydrogen) atoms. The maximum absolute atomic E-state index is 11.9. The molecule has 1 N–H and O–H groups in total. The number of thiazole rings is 1. The zero-order valence-electron chi connectivity index (χ0n) is 11.4. The number of carbonyl (C=O) groups is 1. The summed E-state index contributed by atoms with van der Waals surface area (Å²) in [6.45, 7) is 2.44. The number of hydrogen-bond acceptors (Lipinski definition) is 4. The van der Waals surface area contributed by atoms with Crippen molar-refractivity contribution >= 4 is 42.1 Å². The average molecular weight is 326 g/mol. The molecule has 1 aliphatic carbocycles. The van der Waals surface area contributed by atoms with Gasteiger partial charge in [0.15, 0.2) is 0 Å². The van der Waals surface area contributed by atoms with E-state index in [1.807, 2.05) is 18.9 Å². The van der Waals surface area contributed by atoms with E-state index < -0.39 is 0 Å². The fourth-order valence-electron chi connectivity index (χ4n) is 2.34. The fraction of sp³-hybridized carbons (Fsp3) is 0.667. The van der Waals surface area contributed by atoms with Gasteiger partial charge in [0.1, 0.15) is 0 Å². The smallest absolute Gasteiger partial charge is 0.236 e. The molecule has 0 fully saturated rings. The lowest BCUT2D eigenvalue weighted by Crippen LogP contribution is -2.37. The van der Waals surface area contributed by atoms with Crippen LogP contribution in [-0.2, 0) is 11.2 Å². The maximum atomic E-state index is 11.9. The molecule has 7 heteroatoms. The number of fused-ring (bicyclic) bond motifs is 1. The van der Waals surface area contributed by atoms with E-state index in [2.05, 4.69) is 10.3 Å². The summed E-state index contributed by atoms with van der Waals surface area (Å²) in [5, 5.41) is 4.02. The summed E-state index contributed by atoms with van der Waals surface area (Å²) in [4.78, 5) is 19.6. The molecule has 0 saturated heterocycles. The van der Waals surface area contributed by atoms with Crippen molar-refractivity contribution in [3.63, 3.8) is 0 Å². The van der Waals surface area contributed by atoms with E-state index in [1.165, 1.54) is 10.6 Å². The molecule has 110 valence electrons. The molecular weight excluding hydrogens is 305 g/mol. The van der Waals surface area contributed by atoms with Gasteiger partial charge in [0.25, 0.3) is 0 Å². The molecule has 0 aromatic carbocycles. The summed E-state index contributed by atoms with van der Waals surface area (Å²) in [7, 11) is 3.70. The molecule has 0 saturated carbocycles. The van der Waals surface area contributed by atoms with Gasteiger partial charge in [0, 0.05) is 7.05 Å². The van der Waals surface area contributed by atoms with Gasteiger partial charge in [-0.05, 0) is 33.2 Å². The highest BCUT2D eigenvalue weighted by molar-refractivity contribution is 7.11. The Kier molecular flexibility index (Phi) is 7.89. The standard InChI is InChI=1S/C12H19N3OS.2ClH/c1-8-14-9-5-4-6-10(12(9)17-8)15(3)11(16)7-13-2;;/h10,13H,4-7H2,1-3H3;2*1H. The van der Waals surface area contributed by atoms with Gasteiger partial charge in [-0.3, -0.25) is 4.79 Å². The lowest BCUT2D eigenvalue weighted by molar-refractivity contribution is -0.131. The zero-order valence-corrected chi connectivity index (χ0v) is 13.9. The first-order valence-corrected chi connectivity index (χ1v) is 6.81. The number of amides is 1. The van der Waals surface area contributed by atoms with E-state index in [9.17, 15) is 4.79 Å². The van der Waals surface area contributed by atoms with Crippen molar-refractivity contribution in [1.29, 1.82) is 0 Å². The van der Waals surface area contributed by atoms with Crippen LogP contribution in [0.15, 0.2) is 0 Å². The Labute approximate surface area is 130 Å². The molecule has 4 nitrogen and oxygen atoms in total. The number of aromatic nitrogens is 1. The topological polar surface area (TPSA) is 45.2 Å². The number of aryl methyl sites for hydroxylation is 2. The maximum Gasteiger partial charge on any atom is 0.236 e. The Morgan fingerprint density at radius 2 is 2.21 bits per heavy atom. The molecule has 1 aromatic rings. The van der Waals surface area contributed by atoms with Crippen molar-refractivity contribution in [2.45, 2.75) is 32.2 Å². The third-order valence-electron chi connectivity index (χ3n) is 3.22. The minimum Gasteiger partial charge on any atom is -0.337 e. The van der Waals surface area contributed by atoms with Crippen LogP contribution in [0.4, 0.5) is 0 Å². The number of rotatable bonds is 3. The Hall–Kier alpha value is -0.360. The first kappa shape index (κ1) is 18.6. The molecular formula is C12H21Cl2N3OS. The van der Waals surface area contributed by atoms with Gasteiger partial charge in [0.2, 0.25) is 5.91 Å². The van der Waals surface area contributed by atoms with Crippen molar-refractivity contribution in [2.75, 3.05) is 20.6 Å². The first-order chi connectivity index (χ1) is 8.13. The minimum atomic E-state index is 0. The monoisotopic (exact) mass is 325 g/mol. The van der Waals surface area contributed by atoms with Crippen LogP contribution in [0.25, 0.3) is 0 Å². The van der Waals surface area contributed by atoms with Crippen molar-refractivity contribution in [1.82, 2.24) is 15.2 Å². The van der Waals surface area contributed by atoms with E-state index in [0.717, 1.165) is 24.3 Å². The van der Waals surface area contributed by atoms with Crippen LogP contribution in [0.5, 0.6) is 0 Å². The van der Waals surface area contributed by atoms with Crippen LogP contribution in [0.2, 0.25) is 0 Å². The van der Waals surface area contributed by atoms with Crippen LogP contribution in [0, 0.1) is 6.92 Å². The predicted octanol–water partition coefficient (Wildman–Crippen LogP) is 2.35. The molecule has 2 rings (SSSR count). The first-order valence-electron chi connectivity index (χ1n) is 6.00. The SMILES string of the molecule is CNCC(=O)N(C)C1CCCc2nc(C)sc21.Cl.Cl. The second-order valence-electron chi connectivity index (χ2n) is 4.49. The summed E-state index contributed by atoms with van der Waals surface area (Å²) >= 11 is 1.74. The van der Waals surface area contributed by atoms with Crippen molar-refractivity contribution in [3.05, 3.63) is 15.6 Å². The fourth-order valence-corrected chi connectivity index (χ4v) is 3.49. The molecule has 1 aliphatic rings. The third-order valence-corrected chi connectivity index (χ3v) is 4.33. The van der Waals surface area contributed by atoms with Crippen LogP contribution < -0.4 is 5.32 Å². The lowest BCUT2D eigenvalue weighted by Gasteiger charge is -2.30. The Balaban J connectivity index is 0.00000162. The van der Waals surface area contributed by atoms with E-state index in [0.29, 0.717) is 6.54 Å². The van der Waals surface area contributed by atoms with Gasteiger partial charge in [-0.15, -0.1) is 36.2 Å². The Morgan fingerprint density at radius 1 is 1.53 bits per heavy atom. The Morgan fingerprint density at radius 3 is 2.84 bits per heavy atom. The van der Waals surface area contributed by atoms with Gasteiger partial charge in [-0.2, -0.15) is 0 Å². The number of hydrogen-bond donors (Lipinski definition) is 1. The minimum absolute atomic E-state index is 0. The van der Waals surface area contributed by atoms with Gasteiger partial charge in [-0.25, -0.2) is 4.98 Å². The van der Waals surface area contributed by atoms with E-state index in [4.69, 9.17) is 0 Å². The molecule has 0 radical (unpaired) electrons. The van der Waals surface area contributed by atoms with Crippen LogP contribution in [-0.4, -0.2) is 36.4 Å². The van der Waals surface area contributed by atoms with Crippen LogP contribution in [0.3, 0.4) is 0 Å². The number of halogens is 2. The molecule has 1 atom stereocenters. The average Bonchev–Trinajstić information content (AvgIpc) is 2.68. The quantitative estimate of drug-likeness (QED) is 0.927. The summed E-state index contributed by atoms with van der Waals surface area (Å²) < 4.78 is 0. The summed E-state index contributed by atoms with van der Waals surface area (Å²) in [6.07, 6.45) is 3.24. The molecule has 0 aliphatic heterocycles. The zero-order chi connectivity index (χ0) is 12.4. The number of nitrogens with one attached hydrogen (secondary N) is 1. The molecule has 1 aromatic heterocycles. The highest BCUT2D eigenvalue weighted by Crippen LogP contribution is 2.37. The Bertz CT molecular complexity index is 425. The van der Waals surface area contributed by atoms with E-state index in [1.54, 1.807) is 18.4 Å². The van der Waals surface area contributed by atoms with Gasteiger partial charge in [0.05, 0.1) is 28.2 Å². The molecule has 0 spiro atoms. The second-order valence-corrected chi connectivity index (χ2v) is 5.72. The van der Waals surface area contributed by atoms with Crippen molar-refractivity contribution in [3.8, 4) is 0 Å². The van der Waals surface area contributed by atoms with E-state index in [-0.39, 0.29) is 36.8 Å². The number of likely N-dealkylation sites (N-methyl/N-ethyl adjacent to an activating group) is 2. The van der Waals surface area contributed by atoms with Crippen molar-refractivity contribution < 1.29 is 4.79 Å². The van der Waals surface area contributed by atoms with Crippen LogP contribution in [0.1, 0.15) is 34.5 Å². The predicted molar refractivity (Wildman–Crippen MR) is 83.7 cm³/mol. The van der Waals surface area contributed by atoms with Gasteiger partial charge < -0.3 is 10.2 Å². The molecule has 1 amide bonds. The molecule has 1 heterocycles. The highest BCUT2D eigenvalue weighted by atomic mass is 35.5. The number of carbonyl (C=O) groups excluding carboxylic acids is 1. The van der Waals surface area contributed by atoms with Crippen LogP contribution >= 0.6 is 36.2 Å². The number of nitrogens with zero attached hydrogens (tertiary/aromatic N) is 2. The third kappa shape index (κ3) is 4.05. The summed E-state index contributed by atoms with van der Waals surface area (Å²) in [5.74, 6) is 0.149.